The molecule has 0 bridgehead atoms. The van der Waals surface area contributed by atoms with Gasteiger partial charge in [-0.1, -0.05) is 41.5 Å². The van der Waals surface area contributed by atoms with Gasteiger partial charge < -0.3 is 58.4 Å². The summed E-state index contributed by atoms with van der Waals surface area (Å²) >= 11 is 0. The van der Waals surface area contributed by atoms with Crippen molar-refractivity contribution in [2.75, 3.05) is 39.8 Å². The predicted octanol–water partition coefficient (Wildman–Crippen LogP) is -1.97. The molecule has 0 aromatic carbocycles. The number of aromatic amines is 3. The largest absolute Gasteiger partial charge is 0.385 e. The Kier molecular flexibility index (Phi) is 32.1. The van der Waals surface area contributed by atoms with E-state index in [-0.39, 0.29) is 54.3 Å². The summed E-state index contributed by atoms with van der Waals surface area (Å²) in [5.74, 6) is -8.29. The highest BCUT2D eigenvalue weighted by atomic mass is 31.2. The maximum absolute atomic E-state index is 15.0. The first-order valence-corrected chi connectivity index (χ1v) is 32.6. The topological polar surface area (TPSA) is 531 Å². The highest BCUT2D eigenvalue weighted by Crippen LogP contribution is 2.47. The van der Waals surface area contributed by atoms with Gasteiger partial charge in [0.15, 0.2) is 18.7 Å². The molecule has 0 radical (unpaired) electrons. The Balaban J connectivity index is 0.000000631. The first kappa shape index (κ1) is 82.1. The summed E-state index contributed by atoms with van der Waals surface area (Å²) in [7, 11) is -10.3. The third kappa shape index (κ3) is 23.9. The van der Waals surface area contributed by atoms with Crippen molar-refractivity contribution < 1.29 is 114 Å². The summed E-state index contributed by atoms with van der Waals surface area (Å²) < 4.78 is 115. The average molecular weight is 1360 g/mol. The van der Waals surface area contributed by atoms with Crippen LogP contribution in [0.3, 0.4) is 0 Å². The van der Waals surface area contributed by atoms with Crippen LogP contribution in [0.5, 0.6) is 0 Å². The van der Waals surface area contributed by atoms with Gasteiger partial charge in [-0.05, 0) is 38.5 Å². The lowest BCUT2D eigenvalue weighted by molar-refractivity contribution is -0.203. The highest BCUT2D eigenvalue weighted by molar-refractivity contribution is 7.56. The predicted molar refractivity (Wildman–Crippen MR) is 298 cm³/mol. The van der Waals surface area contributed by atoms with E-state index in [0.29, 0.717) is 0 Å². The van der Waals surface area contributed by atoms with Crippen molar-refractivity contribution in [3.63, 3.8) is 0 Å². The summed E-state index contributed by atoms with van der Waals surface area (Å²) in [5.41, 5.74) is -4.89. The molecule has 0 amide bonds. The smallest absolute Gasteiger partial charge is 0.373 e. The molecule has 3 fully saturated rings. The molecule has 0 aliphatic carbocycles. The molecule has 3 aromatic rings. The SMILES string of the molecule is CC(C)[C@H](C)NP(C)(=O)OC[C@@]1(F)O[C@@H](n2ccc(=O)[nH]c2=O)[C@@H](O)C1O.CC(C)[C@H](C)NP(C)(=O)OC[C@@]1(F)O[C@@H](n2ccc(=O)[nH]c2=O)[C@H](O)[C@@H]1O.CC(C)[C@H](C)NP(C)(=O)OC[C@@]1(F)O[C@@H](n2ccc(=O)[nH]c2=O)[C@H](O)[C@@H]1O.O=C=O.O=C=O.O=C=O. The van der Waals surface area contributed by atoms with Crippen LogP contribution in [0.25, 0.3) is 0 Å². The van der Waals surface area contributed by atoms with E-state index in [1.807, 2.05) is 56.5 Å². The second-order valence-corrected chi connectivity index (χ2v) is 28.0. The number of halogens is 3. The van der Waals surface area contributed by atoms with Crippen LogP contribution in [-0.4, -0.2) is 190 Å². The maximum Gasteiger partial charge on any atom is 0.373 e. The standard InChI is InChI=1S/3C15H25FN3O7P.3CO2/c3*1-8(2)9(3)18-27(4,24)25-7-15(16)12(22)11(21)13(26-15)19-6-5-10(20)17-14(19)23;3*2-1-3/h3*5-6,8-9,11-13,21-22H,7H2,1-4H3,(H,18,24)(H,17,20,23);;;/t2*9-,11+,12-,13+,15+,27?;9-,11-,12?,13+,15+,27?;;;/m000.../s1. The second kappa shape index (κ2) is 35.2. The summed E-state index contributed by atoms with van der Waals surface area (Å²) in [6.45, 7) is 17.8. The van der Waals surface area contributed by atoms with Gasteiger partial charge in [-0.2, -0.15) is 28.8 Å². The lowest BCUT2D eigenvalue weighted by atomic mass is 10.1. The number of aliphatic hydroxyl groups is 6. The lowest BCUT2D eigenvalue weighted by Crippen LogP contribution is -2.43. The zero-order chi connectivity index (χ0) is 69.8. The number of rotatable bonds is 21. The molecule has 3 aliphatic rings. The van der Waals surface area contributed by atoms with Crippen LogP contribution in [0.2, 0.25) is 0 Å². The van der Waals surface area contributed by atoms with Gasteiger partial charge in [-0.15, -0.1) is 0 Å². The van der Waals surface area contributed by atoms with Crippen molar-refractivity contribution in [2.45, 2.75) is 153 Å². The van der Waals surface area contributed by atoms with E-state index in [4.69, 9.17) is 56.5 Å². The number of nitrogens with one attached hydrogen (secondary N) is 6. The molecule has 3 aromatic heterocycles. The van der Waals surface area contributed by atoms with E-state index >= 15 is 13.2 Å². The Morgan fingerprint density at radius 2 is 0.656 bits per heavy atom. The van der Waals surface area contributed by atoms with Gasteiger partial charge in [-0.25, -0.2) is 42.8 Å². The average Bonchev–Trinajstić information content (AvgIpc) is 1.84. The van der Waals surface area contributed by atoms with Crippen molar-refractivity contribution in [2.24, 2.45) is 17.8 Å². The molecule has 0 spiro atoms. The molecule has 6 heterocycles. The molecule has 0 saturated carbocycles. The number of aromatic nitrogens is 6. The van der Waals surface area contributed by atoms with E-state index in [1.165, 1.54) is 20.0 Å². The Morgan fingerprint density at radius 3 is 0.822 bits per heavy atom. The molecule has 510 valence electrons. The Morgan fingerprint density at radius 1 is 0.467 bits per heavy atom. The van der Waals surface area contributed by atoms with Gasteiger partial charge in [0.1, 0.15) is 56.4 Å². The van der Waals surface area contributed by atoms with Gasteiger partial charge >= 0.3 is 35.5 Å². The van der Waals surface area contributed by atoms with Gasteiger partial charge in [0.2, 0.25) is 0 Å². The second-order valence-electron chi connectivity index (χ2n) is 21.3. The van der Waals surface area contributed by atoms with Crippen molar-refractivity contribution in [1.29, 1.82) is 0 Å². The third-order valence-corrected chi connectivity index (χ3v) is 17.8. The zero-order valence-corrected chi connectivity index (χ0v) is 53.0. The molecule has 3 saturated heterocycles. The van der Waals surface area contributed by atoms with Crippen LogP contribution in [0, 0.1) is 17.8 Å². The van der Waals surface area contributed by atoms with E-state index in [9.17, 15) is 73.1 Å². The zero-order valence-electron chi connectivity index (χ0n) is 50.3. The number of alkyl halides is 3. The number of aliphatic hydroxyl groups excluding tert-OH is 6. The van der Waals surface area contributed by atoms with Gasteiger partial charge in [-0.3, -0.25) is 56.7 Å². The molecular formula is C48H75F3N9O27P3. The number of hydrogen-bond donors (Lipinski definition) is 12. The minimum Gasteiger partial charge on any atom is -0.385 e. The first-order valence-electron chi connectivity index (χ1n) is 26.4. The van der Waals surface area contributed by atoms with Crippen molar-refractivity contribution in [1.82, 2.24) is 43.9 Å². The molecule has 90 heavy (non-hydrogen) atoms. The van der Waals surface area contributed by atoms with Crippen LogP contribution in [0.4, 0.5) is 13.2 Å². The number of hydrogen-bond acceptors (Lipinski definition) is 27. The summed E-state index contributed by atoms with van der Waals surface area (Å²) in [6, 6.07) is 2.42. The fourth-order valence-corrected chi connectivity index (χ4v) is 12.1. The fraction of sp³-hybridized carbons (Fsp3) is 0.688. The van der Waals surface area contributed by atoms with Crippen LogP contribution >= 0.6 is 22.6 Å². The summed E-state index contributed by atoms with van der Waals surface area (Å²) in [6.07, 6.45) is -12.7. The molecule has 4 unspecified atom stereocenters. The number of carbonyl (C=O) groups excluding carboxylic acids is 6. The van der Waals surface area contributed by atoms with Gasteiger partial charge in [0.05, 0.1) is 0 Å². The minimum absolute atomic E-state index is 0.146. The molecule has 3 aliphatic heterocycles. The third-order valence-electron chi connectivity index (χ3n) is 13.3. The molecule has 12 N–H and O–H groups in total. The van der Waals surface area contributed by atoms with Crippen LogP contribution in [-0.2, 0) is 70.2 Å². The quantitative estimate of drug-likeness (QED) is 0.0515. The van der Waals surface area contributed by atoms with E-state index in [1.54, 1.807) is 20.8 Å². The summed E-state index contributed by atoms with van der Waals surface area (Å²) in [4.78, 5) is 123. The molecule has 42 heteroatoms. The van der Waals surface area contributed by atoms with Crippen molar-refractivity contribution in [3.05, 3.63) is 99.3 Å². The minimum atomic E-state index is -3.43. The Labute approximate surface area is 507 Å². The van der Waals surface area contributed by atoms with Gasteiger partial charge in [0, 0.05) is 74.9 Å². The molecule has 18 atom stereocenters. The highest BCUT2D eigenvalue weighted by Gasteiger charge is 2.59. The van der Waals surface area contributed by atoms with E-state index < -0.39 is 149 Å². The van der Waals surface area contributed by atoms with Crippen molar-refractivity contribution in [3.8, 4) is 0 Å². The number of ether oxygens (including phenoxy) is 3. The first-order chi connectivity index (χ1) is 41.3. The number of H-pyrrole nitrogens is 3. The van der Waals surface area contributed by atoms with E-state index in [2.05, 4.69) is 15.3 Å². The fourth-order valence-electron chi connectivity index (χ4n) is 7.46. The molecule has 36 nitrogen and oxygen atoms in total. The Bertz CT molecular complexity index is 3090. The maximum atomic E-state index is 15.0. The molecule has 6 rings (SSSR count). The van der Waals surface area contributed by atoms with Crippen LogP contribution in [0.15, 0.2) is 65.6 Å². The number of nitrogens with zero attached hydrogens (tertiary/aromatic N) is 3. The lowest BCUT2D eigenvalue weighted by Gasteiger charge is -2.27. The normalized spacial score (nSPS) is 28.9. The Hall–Kier alpha value is -5.94. The van der Waals surface area contributed by atoms with Crippen LogP contribution < -0.4 is 49.0 Å². The van der Waals surface area contributed by atoms with Crippen LogP contribution in [0.1, 0.15) is 81.0 Å². The van der Waals surface area contributed by atoms with E-state index in [0.717, 1.165) is 50.5 Å². The summed E-state index contributed by atoms with van der Waals surface area (Å²) in [5, 5.41) is 68.6. The van der Waals surface area contributed by atoms with Crippen molar-refractivity contribution >= 4 is 41.0 Å². The molecular weight excluding hydrogens is 1280 g/mol. The monoisotopic (exact) mass is 1360 g/mol. The van der Waals surface area contributed by atoms with Gasteiger partial charge in [0.25, 0.3) is 56.8 Å².